The molecule has 0 aliphatic rings. The summed E-state index contributed by atoms with van der Waals surface area (Å²) in [4.78, 5) is 24.1. The number of carbonyl (C=O) groups is 2. The van der Waals surface area contributed by atoms with E-state index in [1.54, 1.807) is 24.3 Å². The lowest BCUT2D eigenvalue weighted by Crippen LogP contribution is -2.08. The Bertz CT molecular complexity index is 983. The zero-order valence-corrected chi connectivity index (χ0v) is 15.7. The van der Waals surface area contributed by atoms with Crippen molar-refractivity contribution in [1.82, 2.24) is 0 Å². The predicted molar refractivity (Wildman–Crippen MR) is 104 cm³/mol. The maximum atomic E-state index is 12.4. The molecule has 5 heteroatoms. The first-order valence-electron chi connectivity index (χ1n) is 9.41. The maximum absolute atomic E-state index is 12.4. The molecule has 142 valence electrons. The number of Topliss-reactive ketones (excluding diaryl/α,β-unsaturated/α-hetero) is 1. The minimum absolute atomic E-state index is 0.0104. The van der Waals surface area contributed by atoms with E-state index >= 15 is 0 Å². The van der Waals surface area contributed by atoms with Gasteiger partial charge in [-0.1, -0.05) is 56.9 Å². The van der Waals surface area contributed by atoms with Crippen molar-refractivity contribution in [2.75, 3.05) is 0 Å². The molecule has 0 unspecified atom stereocenters. The molecular weight excluding hydrogens is 344 g/mol. The minimum Gasteiger partial charge on any atom is -0.507 e. The van der Waals surface area contributed by atoms with E-state index in [0.717, 1.165) is 25.7 Å². The van der Waals surface area contributed by atoms with Crippen molar-refractivity contribution in [1.29, 1.82) is 0 Å². The summed E-state index contributed by atoms with van der Waals surface area (Å²) in [6.45, 7) is 3.53. The number of aromatic hydroxyl groups is 1. The van der Waals surface area contributed by atoms with Gasteiger partial charge in [0.1, 0.15) is 5.75 Å². The molecule has 0 radical (unpaired) electrons. The fourth-order valence-electron chi connectivity index (χ4n) is 3.20. The summed E-state index contributed by atoms with van der Waals surface area (Å²) in [5, 5.41) is 12.1. The molecule has 0 aliphatic heterocycles. The molecule has 5 nitrogen and oxygen atoms in total. The van der Waals surface area contributed by atoms with Crippen molar-refractivity contribution < 1.29 is 23.8 Å². The van der Waals surface area contributed by atoms with Crippen LogP contribution in [0.1, 0.15) is 62.9 Å². The van der Waals surface area contributed by atoms with E-state index in [4.69, 9.17) is 9.15 Å². The fourth-order valence-corrected chi connectivity index (χ4v) is 3.20. The normalized spacial score (nSPS) is 11.2. The molecule has 0 fully saturated rings. The van der Waals surface area contributed by atoms with Gasteiger partial charge in [0, 0.05) is 24.1 Å². The Morgan fingerprint density at radius 1 is 1.04 bits per heavy atom. The summed E-state index contributed by atoms with van der Waals surface area (Å²) in [5.74, 6) is -0.222. The first kappa shape index (κ1) is 19.0. The summed E-state index contributed by atoms with van der Waals surface area (Å²) >= 11 is 0. The van der Waals surface area contributed by atoms with Gasteiger partial charge < -0.3 is 14.3 Å². The molecule has 0 atom stereocenters. The second-order valence-corrected chi connectivity index (χ2v) is 6.77. The third-order valence-corrected chi connectivity index (χ3v) is 4.67. The van der Waals surface area contributed by atoms with Crippen molar-refractivity contribution in [3.63, 3.8) is 0 Å². The van der Waals surface area contributed by atoms with Gasteiger partial charge in [0.15, 0.2) is 22.9 Å². The molecule has 27 heavy (non-hydrogen) atoms. The van der Waals surface area contributed by atoms with Crippen molar-refractivity contribution in [2.45, 2.75) is 52.4 Å². The number of phenolic OH excluding ortho intramolecular Hbond substituents is 1. The van der Waals surface area contributed by atoms with E-state index in [1.165, 1.54) is 19.4 Å². The molecule has 1 aromatic heterocycles. The Labute approximate surface area is 157 Å². The lowest BCUT2D eigenvalue weighted by atomic mass is 10.1. The number of ketones is 1. The zero-order valence-electron chi connectivity index (χ0n) is 15.7. The van der Waals surface area contributed by atoms with Gasteiger partial charge in [-0.15, -0.1) is 0 Å². The number of esters is 1. The first-order valence-corrected chi connectivity index (χ1v) is 9.41. The summed E-state index contributed by atoms with van der Waals surface area (Å²) in [5.41, 5.74) is 0.218. The largest absolute Gasteiger partial charge is 0.507 e. The number of rotatable bonds is 8. The molecule has 0 saturated carbocycles. The van der Waals surface area contributed by atoms with Gasteiger partial charge in [-0.25, -0.2) is 0 Å². The van der Waals surface area contributed by atoms with Crippen LogP contribution in [0.25, 0.3) is 21.7 Å². The molecule has 0 amide bonds. The van der Waals surface area contributed by atoms with Crippen LogP contribution in [0.15, 0.2) is 34.7 Å². The van der Waals surface area contributed by atoms with Crippen LogP contribution >= 0.6 is 0 Å². The van der Waals surface area contributed by atoms with Crippen LogP contribution in [0.4, 0.5) is 0 Å². The number of furan rings is 1. The maximum Gasteiger partial charge on any atom is 0.311 e. The van der Waals surface area contributed by atoms with Gasteiger partial charge in [-0.05, 0) is 12.5 Å². The van der Waals surface area contributed by atoms with Crippen molar-refractivity contribution in [3.8, 4) is 11.5 Å². The monoisotopic (exact) mass is 368 g/mol. The number of benzene rings is 2. The van der Waals surface area contributed by atoms with E-state index in [0.29, 0.717) is 22.6 Å². The number of ether oxygens (including phenoxy) is 1. The predicted octanol–water partition coefficient (Wildman–Crippen LogP) is 5.76. The van der Waals surface area contributed by atoms with Crippen molar-refractivity contribution in [3.05, 3.63) is 36.1 Å². The van der Waals surface area contributed by atoms with E-state index < -0.39 is 0 Å². The quantitative estimate of drug-likeness (QED) is 0.237. The molecule has 1 heterocycles. The van der Waals surface area contributed by atoms with Crippen LogP contribution in [-0.4, -0.2) is 16.9 Å². The van der Waals surface area contributed by atoms with Gasteiger partial charge in [0.05, 0.1) is 5.39 Å². The average Bonchev–Trinajstić information content (AvgIpc) is 3.11. The molecular formula is C22H24O5. The molecule has 1 N–H and O–H groups in total. The van der Waals surface area contributed by atoms with Crippen LogP contribution in [0.3, 0.4) is 0 Å². The van der Waals surface area contributed by atoms with E-state index in [2.05, 4.69) is 6.92 Å². The summed E-state index contributed by atoms with van der Waals surface area (Å²) < 4.78 is 11.3. The molecule has 0 aliphatic carbocycles. The summed E-state index contributed by atoms with van der Waals surface area (Å²) in [7, 11) is 0. The van der Waals surface area contributed by atoms with Crippen LogP contribution in [0.5, 0.6) is 11.5 Å². The summed E-state index contributed by atoms with van der Waals surface area (Å²) in [6, 6.07) is 8.58. The highest BCUT2D eigenvalue weighted by molar-refractivity contribution is 6.11. The lowest BCUT2D eigenvalue weighted by Gasteiger charge is -2.10. The molecule has 2 aromatic carbocycles. The third-order valence-electron chi connectivity index (χ3n) is 4.67. The van der Waals surface area contributed by atoms with E-state index in [9.17, 15) is 14.7 Å². The third kappa shape index (κ3) is 3.97. The number of phenols is 1. The second kappa shape index (κ2) is 8.25. The van der Waals surface area contributed by atoms with Gasteiger partial charge in [0.25, 0.3) is 0 Å². The van der Waals surface area contributed by atoms with E-state index in [1.807, 2.05) is 0 Å². The molecule has 0 spiro atoms. The Balaban J connectivity index is 1.95. The van der Waals surface area contributed by atoms with Gasteiger partial charge >= 0.3 is 5.97 Å². The Kier molecular flexibility index (Phi) is 5.79. The topological polar surface area (TPSA) is 76.7 Å². The number of carbonyl (C=O) groups excluding carboxylic acids is 2. The van der Waals surface area contributed by atoms with Crippen LogP contribution in [0, 0.1) is 0 Å². The van der Waals surface area contributed by atoms with Crippen molar-refractivity contribution in [2.24, 2.45) is 0 Å². The average molecular weight is 368 g/mol. The first-order chi connectivity index (χ1) is 13.0. The highest BCUT2D eigenvalue weighted by atomic mass is 16.5. The van der Waals surface area contributed by atoms with Crippen LogP contribution in [-0.2, 0) is 4.79 Å². The fraction of sp³-hybridized carbons (Fsp3) is 0.364. The smallest absolute Gasteiger partial charge is 0.311 e. The number of fused-ring (bicyclic) bond motifs is 2. The molecule has 0 bridgehead atoms. The Morgan fingerprint density at radius 2 is 1.74 bits per heavy atom. The highest BCUT2D eigenvalue weighted by Crippen LogP contribution is 2.43. The Morgan fingerprint density at radius 3 is 2.44 bits per heavy atom. The van der Waals surface area contributed by atoms with Gasteiger partial charge in [-0.3, -0.25) is 9.59 Å². The summed E-state index contributed by atoms with van der Waals surface area (Å²) in [6.07, 6.45) is 5.51. The van der Waals surface area contributed by atoms with Crippen LogP contribution < -0.4 is 4.74 Å². The molecule has 3 rings (SSSR count). The SMILES string of the molecule is CCCCCCCC(=O)Oc1c2ccccc2c(O)c2cc(C(C)=O)oc12. The molecule has 3 aromatic rings. The zero-order chi connectivity index (χ0) is 19.4. The number of hydrogen-bond donors (Lipinski definition) is 1. The number of hydrogen-bond acceptors (Lipinski definition) is 5. The second-order valence-electron chi connectivity index (χ2n) is 6.77. The molecule has 0 saturated heterocycles. The Hall–Kier alpha value is -2.82. The highest BCUT2D eigenvalue weighted by Gasteiger charge is 2.22. The standard InChI is InChI=1S/C22H24O5/c1-3-4-5-6-7-12-19(24)27-21-16-11-9-8-10-15(16)20(25)17-13-18(14(2)23)26-22(17)21/h8-11,13,25H,3-7,12H2,1-2H3. The van der Waals surface area contributed by atoms with E-state index in [-0.39, 0.29) is 34.6 Å². The minimum atomic E-state index is -0.343. The van der Waals surface area contributed by atoms with Gasteiger partial charge in [0.2, 0.25) is 0 Å². The van der Waals surface area contributed by atoms with Gasteiger partial charge in [-0.2, -0.15) is 0 Å². The lowest BCUT2D eigenvalue weighted by molar-refractivity contribution is -0.134. The number of unbranched alkanes of at least 4 members (excludes halogenated alkanes) is 4. The van der Waals surface area contributed by atoms with Crippen LogP contribution in [0.2, 0.25) is 0 Å². The van der Waals surface area contributed by atoms with Crippen molar-refractivity contribution >= 4 is 33.5 Å².